The zero-order valence-corrected chi connectivity index (χ0v) is 15.3. The Morgan fingerprint density at radius 2 is 1.85 bits per heavy atom. The topological polar surface area (TPSA) is 33.2 Å². The number of rotatable bonds is 2. The molecule has 1 fully saturated rings. The summed E-state index contributed by atoms with van der Waals surface area (Å²) in [6.07, 6.45) is 1.57. The highest BCUT2D eigenvalue weighted by molar-refractivity contribution is 7.18. The van der Waals surface area contributed by atoms with Crippen LogP contribution in [0.4, 0.5) is 8.78 Å². The van der Waals surface area contributed by atoms with Crippen molar-refractivity contribution in [3.63, 3.8) is 0 Å². The van der Waals surface area contributed by atoms with E-state index in [2.05, 4.69) is 6.07 Å². The predicted octanol–water partition coefficient (Wildman–Crippen LogP) is 5.25. The number of carbonyl (C=O) groups excluding carboxylic acids is 1. The van der Waals surface area contributed by atoms with Gasteiger partial charge < -0.3 is 4.90 Å². The number of thiazole rings is 1. The Morgan fingerprint density at radius 3 is 2.58 bits per heavy atom. The van der Waals surface area contributed by atoms with Crippen LogP contribution in [0.3, 0.4) is 0 Å². The summed E-state index contributed by atoms with van der Waals surface area (Å²) in [5.74, 6) is -2.18. The first-order valence-electron chi connectivity index (χ1n) is 8.32. The van der Waals surface area contributed by atoms with Crippen LogP contribution in [0.1, 0.15) is 34.1 Å². The van der Waals surface area contributed by atoms with Crippen LogP contribution in [0.15, 0.2) is 36.4 Å². The maximum atomic E-state index is 13.5. The van der Waals surface area contributed by atoms with Crippen molar-refractivity contribution in [1.29, 1.82) is 0 Å². The van der Waals surface area contributed by atoms with Crippen molar-refractivity contribution in [2.24, 2.45) is 0 Å². The molecule has 0 saturated carbocycles. The number of piperidine rings is 1. The second kappa shape index (κ2) is 6.93. The second-order valence-corrected chi connectivity index (χ2v) is 7.80. The molecule has 2 aromatic carbocycles. The Labute approximate surface area is 158 Å². The summed E-state index contributed by atoms with van der Waals surface area (Å²) in [7, 11) is 0. The zero-order chi connectivity index (χ0) is 18.3. The van der Waals surface area contributed by atoms with Crippen LogP contribution in [-0.2, 0) is 0 Å². The molecule has 0 spiro atoms. The molecule has 4 rings (SSSR count). The van der Waals surface area contributed by atoms with Crippen LogP contribution in [0.25, 0.3) is 10.2 Å². The van der Waals surface area contributed by atoms with Gasteiger partial charge in [0.15, 0.2) is 11.6 Å². The molecule has 3 nitrogen and oxygen atoms in total. The van der Waals surface area contributed by atoms with Gasteiger partial charge in [0.2, 0.25) is 0 Å². The van der Waals surface area contributed by atoms with Crippen LogP contribution in [-0.4, -0.2) is 28.9 Å². The SMILES string of the molecule is O=C(c1cc(F)c(F)cc1Cl)N1CCC(c2nc3ccccc3s2)CC1. The Balaban J connectivity index is 1.48. The van der Waals surface area contributed by atoms with Gasteiger partial charge in [-0.2, -0.15) is 0 Å². The molecule has 1 aliphatic rings. The van der Waals surface area contributed by atoms with Gasteiger partial charge in [-0.25, -0.2) is 13.8 Å². The highest BCUT2D eigenvalue weighted by Gasteiger charge is 2.28. The fraction of sp³-hybridized carbons (Fsp3) is 0.263. The number of aromatic nitrogens is 1. The van der Waals surface area contributed by atoms with Crippen LogP contribution >= 0.6 is 22.9 Å². The number of hydrogen-bond acceptors (Lipinski definition) is 3. The molecule has 1 aromatic heterocycles. The lowest BCUT2D eigenvalue weighted by atomic mass is 9.97. The van der Waals surface area contributed by atoms with Gasteiger partial charge in [-0.1, -0.05) is 23.7 Å². The van der Waals surface area contributed by atoms with Crippen LogP contribution in [0.2, 0.25) is 5.02 Å². The van der Waals surface area contributed by atoms with E-state index in [1.54, 1.807) is 16.2 Å². The van der Waals surface area contributed by atoms with E-state index in [1.807, 2.05) is 18.2 Å². The van der Waals surface area contributed by atoms with Gasteiger partial charge in [0.1, 0.15) is 0 Å². The molecule has 0 atom stereocenters. The molecular weight excluding hydrogens is 378 g/mol. The number of halogens is 3. The maximum Gasteiger partial charge on any atom is 0.255 e. The molecule has 1 amide bonds. The summed E-state index contributed by atoms with van der Waals surface area (Å²) in [5.41, 5.74) is 1.00. The Bertz CT molecular complexity index is 950. The van der Waals surface area contributed by atoms with Crippen LogP contribution < -0.4 is 0 Å². The van der Waals surface area contributed by atoms with E-state index in [0.29, 0.717) is 19.0 Å². The zero-order valence-electron chi connectivity index (χ0n) is 13.7. The number of benzene rings is 2. The van der Waals surface area contributed by atoms with Crippen molar-refractivity contribution in [3.8, 4) is 0 Å². The lowest BCUT2D eigenvalue weighted by Gasteiger charge is -2.31. The lowest BCUT2D eigenvalue weighted by molar-refractivity contribution is 0.0712. The quantitative estimate of drug-likeness (QED) is 0.558. The molecule has 1 saturated heterocycles. The average molecular weight is 393 g/mol. The standard InChI is InChI=1S/C19H15ClF2N2OS/c20-13-10-15(22)14(21)9-12(13)19(25)24-7-5-11(6-8-24)18-23-16-3-1-2-4-17(16)26-18/h1-4,9-11H,5-8H2. The maximum absolute atomic E-state index is 13.5. The second-order valence-electron chi connectivity index (χ2n) is 6.33. The minimum atomic E-state index is -1.07. The number of amides is 1. The molecule has 1 aliphatic heterocycles. The van der Waals surface area contributed by atoms with E-state index in [1.165, 1.54) is 0 Å². The van der Waals surface area contributed by atoms with Gasteiger partial charge in [0.25, 0.3) is 5.91 Å². The number of carbonyl (C=O) groups is 1. The third kappa shape index (κ3) is 3.19. The van der Waals surface area contributed by atoms with Crippen LogP contribution in [0.5, 0.6) is 0 Å². The van der Waals surface area contributed by atoms with Gasteiger partial charge >= 0.3 is 0 Å². The molecule has 0 unspecified atom stereocenters. The molecule has 0 bridgehead atoms. The molecule has 2 heterocycles. The Kier molecular flexibility index (Phi) is 4.63. The third-order valence-corrected chi connectivity index (χ3v) is 6.19. The van der Waals surface area contributed by atoms with Crippen molar-refractivity contribution >= 4 is 39.1 Å². The molecule has 26 heavy (non-hydrogen) atoms. The summed E-state index contributed by atoms with van der Waals surface area (Å²) in [4.78, 5) is 19.0. The largest absolute Gasteiger partial charge is 0.339 e. The van der Waals surface area contributed by atoms with E-state index in [-0.39, 0.29) is 16.5 Å². The predicted molar refractivity (Wildman–Crippen MR) is 98.9 cm³/mol. The lowest BCUT2D eigenvalue weighted by Crippen LogP contribution is -2.38. The van der Waals surface area contributed by atoms with Crippen molar-refractivity contribution in [1.82, 2.24) is 9.88 Å². The minimum Gasteiger partial charge on any atom is -0.339 e. The number of fused-ring (bicyclic) bond motifs is 1. The van der Waals surface area contributed by atoms with Gasteiger partial charge in [0, 0.05) is 19.0 Å². The molecule has 134 valence electrons. The van der Waals surface area contributed by atoms with Crippen molar-refractivity contribution in [2.75, 3.05) is 13.1 Å². The average Bonchev–Trinajstić information content (AvgIpc) is 3.08. The van der Waals surface area contributed by atoms with Crippen molar-refractivity contribution < 1.29 is 13.6 Å². The summed E-state index contributed by atoms with van der Waals surface area (Å²) < 4.78 is 27.8. The number of likely N-dealkylation sites (tertiary alicyclic amines) is 1. The normalized spacial score (nSPS) is 15.6. The third-order valence-electron chi connectivity index (χ3n) is 4.68. The number of nitrogens with zero attached hydrogens (tertiary/aromatic N) is 2. The first-order valence-corrected chi connectivity index (χ1v) is 9.51. The summed E-state index contributed by atoms with van der Waals surface area (Å²) in [6.45, 7) is 1.07. The summed E-state index contributed by atoms with van der Waals surface area (Å²) >= 11 is 7.61. The Morgan fingerprint density at radius 1 is 1.15 bits per heavy atom. The van der Waals surface area contributed by atoms with Crippen molar-refractivity contribution in [2.45, 2.75) is 18.8 Å². The molecule has 0 aliphatic carbocycles. The van der Waals surface area contributed by atoms with E-state index in [4.69, 9.17) is 16.6 Å². The summed E-state index contributed by atoms with van der Waals surface area (Å²) in [6, 6.07) is 9.74. The van der Waals surface area contributed by atoms with Gasteiger partial charge in [-0.05, 0) is 37.1 Å². The van der Waals surface area contributed by atoms with Gasteiger partial charge in [-0.3, -0.25) is 4.79 Å². The van der Waals surface area contributed by atoms with E-state index < -0.39 is 11.6 Å². The van der Waals surface area contributed by atoms with Gasteiger partial charge in [0.05, 0.1) is 25.8 Å². The molecule has 0 radical (unpaired) electrons. The first kappa shape index (κ1) is 17.4. The van der Waals surface area contributed by atoms with Crippen molar-refractivity contribution in [3.05, 3.63) is 63.6 Å². The van der Waals surface area contributed by atoms with E-state index >= 15 is 0 Å². The van der Waals surface area contributed by atoms with E-state index in [9.17, 15) is 13.6 Å². The number of hydrogen-bond donors (Lipinski definition) is 0. The first-order chi connectivity index (χ1) is 12.5. The fourth-order valence-electron chi connectivity index (χ4n) is 3.25. The molecule has 7 heteroatoms. The molecule has 3 aromatic rings. The number of para-hydroxylation sites is 1. The van der Waals surface area contributed by atoms with Gasteiger partial charge in [-0.15, -0.1) is 11.3 Å². The minimum absolute atomic E-state index is 0.00371. The van der Waals surface area contributed by atoms with E-state index in [0.717, 1.165) is 40.2 Å². The monoisotopic (exact) mass is 392 g/mol. The molecular formula is C19H15ClF2N2OS. The van der Waals surface area contributed by atoms with Crippen LogP contribution in [0, 0.1) is 11.6 Å². The highest BCUT2D eigenvalue weighted by Crippen LogP contribution is 2.34. The summed E-state index contributed by atoms with van der Waals surface area (Å²) in [5, 5.41) is 1.02. The molecule has 0 N–H and O–H groups in total. The highest BCUT2D eigenvalue weighted by atomic mass is 35.5. The smallest absolute Gasteiger partial charge is 0.255 e. The Hall–Kier alpha value is -2.05. The fourth-order valence-corrected chi connectivity index (χ4v) is 4.62.